The van der Waals surface area contributed by atoms with Crippen molar-refractivity contribution < 1.29 is 14.3 Å². The molecule has 0 heterocycles. The normalized spacial score (nSPS) is 10.2. The summed E-state index contributed by atoms with van der Waals surface area (Å²) in [5, 5.41) is 0. The van der Waals surface area contributed by atoms with E-state index in [2.05, 4.69) is 0 Å². The van der Waals surface area contributed by atoms with Crippen LogP contribution < -0.4 is 0 Å². The Morgan fingerprint density at radius 2 is 1.84 bits per heavy atom. The molecule has 19 heavy (non-hydrogen) atoms. The average Bonchev–Trinajstić information content (AvgIpc) is 2.38. The van der Waals surface area contributed by atoms with Gasteiger partial charge >= 0.3 is 5.97 Å². The maximum Gasteiger partial charge on any atom is 0.305 e. The Morgan fingerprint density at radius 1 is 1.11 bits per heavy atom. The third-order valence-corrected chi connectivity index (χ3v) is 2.93. The first kappa shape index (κ1) is 15.4. The minimum absolute atomic E-state index is 0.146. The van der Waals surface area contributed by atoms with E-state index in [9.17, 15) is 9.59 Å². The summed E-state index contributed by atoms with van der Waals surface area (Å²) in [6.07, 6.45) is 3.50. The zero-order valence-corrected chi connectivity index (χ0v) is 11.8. The molecule has 0 spiro atoms. The van der Waals surface area contributed by atoms with Crippen LogP contribution in [-0.4, -0.2) is 18.4 Å². The van der Waals surface area contributed by atoms with Gasteiger partial charge in [-0.3, -0.25) is 9.59 Å². The van der Waals surface area contributed by atoms with Gasteiger partial charge in [-0.25, -0.2) is 0 Å². The van der Waals surface area contributed by atoms with Crippen molar-refractivity contribution in [2.45, 2.75) is 46.0 Å². The summed E-state index contributed by atoms with van der Waals surface area (Å²) < 4.78 is 4.85. The summed E-state index contributed by atoms with van der Waals surface area (Å²) in [6.45, 7) is 4.22. The molecule has 0 unspecified atom stereocenters. The third kappa shape index (κ3) is 6.18. The second kappa shape index (κ2) is 8.46. The Kier molecular flexibility index (Phi) is 6.86. The number of benzene rings is 1. The molecule has 0 aliphatic rings. The van der Waals surface area contributed by atoms with Gasteiger partial charge in [0.25, 0.3) is 0 Å². The molecule has 1 aromatic carbocycles. The number of unbranched alkanes of at least 4 members (excludes halogenated alkanes) is 2. The predicted molar refractivity (Wildman–Crippen MR) is 75.2 cm³/mol. The van der Waals surface area contributed by atoms with Crippen molar-refractivity contribution in [2.75, 3.05) is 6.61 Å². The maximum atomic E-state index is 11.9. The zero-order chi connectivity index (χ0) is 14.1. The standard InChI is InChI=1S/C16H22O3/c1-3-19-16(18)11-6-4-5-10-15(17)14-9-7-8-13(2)12-14/h7-9,12H,3-6,10-11H2,1-2H3. The van der Waals surface area contributed by atoms with Crippen molar-refractivity contribution >= 4 is 11.8 Å². The molecular formula is C16H22O3. The Hall–Kier alpha value is -1.64. The van der Waals surface area contributed by atoms with E-state index in [1.807, 2.05) is 31.2 Å². The number of Topliss-reactive ketones (excluding diaryl/α,β-unsaturated/α-hetero) is 1. The van der Waals surface area contributed by atoms with Gasteiger partial charge in [0.1, 0.15) is 0 Å². The highest BCUT2D eigenvalue weighted by atomic mass is 16.5. The van der Waals surface area contributed by atoms with Crippen LogP contribution in [-0.2, 0) is 9.53 Å². The monoisotopic (exact) mass is 262 g/mol. The maximum absolute atomic E-state index is 11.9. The van der Waals surface area contributed by atoms with E-state index >= 15 is 0 Å². The fraction of sp³-hybridized carbons (Fsp3) is 0.500. The van der Waals surface area contributed by atoms with Crippen LogP contribution in [0.25, 0.3) is 0 Å². The lowest BCUT2D eigenvalue weighted by molar-refractivity contribution is -0.143. The lowest BCUT2D eigenvalue weighted by Gasteiger charge is -2.03. The Balaban J connectivity index is 2.19. The van der Waals surface area contributed by atoms with Gasteiger partial charge < -0.3 is 4.74 Å². The minimum atomic E-state index is -0.146. The van der Waals surface area contributed by atoms with Gasteiger partial charge in [0.15, 0.2) is 5.78 Å². The van der Waals surface area contributed by atoms with Crippen molar-refractivity contribution in [3.63, 3.8) is 0 Å². The molecule has 0 aliphatic carbocycles. The predicted octanol–water partition coefficient (Wildman–Crippen LogP) is 3.69. The van der Waals surface area contributed by atoms with Crippen molar-refractivity contribution in [2.24, 2.45) is 0 Å². The third-order valence-electron chi connectivity index (χ3n) is 2.93. The fourth-order valence-electron chi connectivity index (χ4n) is 1.93. The van der Waals surface area contributed by atoms with Crippen molar-refractivity contribution in [3.8, 4) is 0 Å². The number of hydrogen-bond donors (Lipinski definition) is 0. The van der Waals surface area contributed by atoms with E-state index in [1.165, 1.54) is 0 Å². The van der Waals surface area contributed by atoms with E-state index in [4.69, 9.17) is 4.74 Å². The van der Waals surface area contributed by atoms with Crippen LogP contribution in [0.4, 0.5) is 0 Å². The molecular weight excluding hydrogens is 240 g/mol. The second-order valence-electron chi connectivity index (χ2n) is 4.66. The van der Waals surface area contributed by atoms with E-state index in [0.717, 1.165) is 30.4 Å². The van der Waals surface area contributed by atoms with Gasteiger partial charge in [0.05, 0.1) is 6.61 Å². The highest BCUT2D eigenvalue weighted by Crippen LogP contribution is 2.11. The lowest BCUT2D eigenvalue weighted by atomic mass is 10.0. The average molecular weight is 262 g/mol. The van der Waals surface area contributed by atoms with Crippen molar-refractivity contribution in [1.82, 2.24) is 0 Å². The van der Waals surface area contributed by atoms with E-state index in [-0.39, 0.29) is 11.8 Å². The zero-order valence-electron chi connectivity index (χ0n) is 11.8. The molecule has 0 atom stereocenters. The highest BCUT2D eigenvalue weighted by Gasteiger charge is 2.06. The topological polar surface area (TPSA) is 43.4 Å². The molecule has 0 amide bonds. The Labute approximate surface area is 115 Å². The number of ether oxygens (including phenoxy) is 1. The molecule has 0 aromatic heterocycles. The number of carbonyl (C=O) groups excluding carboxylic acids is 2. The van der Waals surface area contributed by atoms with Gasteiger partial charge in [-0.15, -0.1) is 0 Å². The van der Waals surface area contributed by atoms with E-state index < -0.39 is 0 Å². The number of rotatable bonds is 8. The first-order chi connectivity index (χ1) is 9.13. The number of aryl methyl sites for hydroxylation is 1. The number of carbonyl (C=O) groups is 2. The molecule has 3 heteroatoms. The minimum Gasteiger partial charge on any atom is -0.466 e. The van der Waals surface area contributed by atoms with E-state index in [1.54, 1.807) is 6.92 Å². The van der Waals surface area contributed by atoms with Crippen LogP contribution in [0.1, 0.15) is 54.9 Å². The molecule has 0 radical (unpaired) electrons. The van der Waals surface area contributed by atoms with Gasteiger partial charge in [-0.2, -0.15) is 0 Å². The van der Waals surface area contributed by atoms with Crippen LogP contribution >= 0.6 is 0 Å². The van der Waals surface area contributed by atoms with Gasteiger partial charge in [0, 0.05) is 18.4 Å². The smallest absolute Gasteiger partial charge is 0.305 e. The molecule has 0 N–H and O–H groups in total. The molecule has 0 bridgehead atoms. The van der Waals surface area contributed by atoms with Gasteiger partial charge in [-0.1, -0.05) is 30.2 Å². The molecule has 1 rings (SSSR count). The molecule has 3 nitrogen and oxygen atoms in total. The SMILES string of the molecule is CCOC(=O)CCCCCC(=O)c1cccc(C)c1. The van der Waals surface area contributed by atoms with Crippen LogP contribution in [0.15, 0.2) is 24.3 Å². The van der Waals surface area contributed by atoms with Crippen molar-refractivity contribution in [3.05, 3.63) is 35.4 Å². The Morgan fingerprint density at radius 3 is 2.53 bits per heavy atom. The summed E-state index contributed by atoms with van der Waals surface area (Å²) in [4.78, 5) is 23.0. The van der Waals surface area contributed by atoms with Crippen LogP contribution in [0.2, 0.25) is 0 Å². The summed E-state index contributed by atoms with van der Waals surface area (Å²) in [6, 6.07) is 7.66. The summed E-state index contributed by atoms with van der Waals surface area (Å²) in [5.74, 6) is 0.0346. The molecule has 0 saturated carbocycles. The summed E-state index contributed by atoms with van der Waals surface area (Å²) in [5.41, 5.74) is 1.89. The molecule has 0 saturated heterocycles. The quantitative estimate of drug-likeness (QED) is 0.407. The highest BCUT2D eigenvalue weighted by molar-refractivity contribution is 5.96. The second-order valence-corrected chi connectivity index (χ2v) is 4.66. The summed E-state index contributed by atoms with van der Waals surface area (Å²) >= 11 is 0. The van der Waals surface area contributed by atoms with Crippen molar-refractivity contribution in [1.29, 1.82) is 0 Å². The first-order valence-corrected chi connectivity index (χ1v) is 6.89. The fourth-order valence-corrected chi connectivity index (χ4v) is 1.93. The molecule has 0 aliphatic heterocycles. The lowest BCUT2D eigenvalue weighted by Crippen LogP contribution is -2.03. The van der Waals surface area contributed by atoms with Crippen LogP contribution in [0.5, 0.6) is 0 Å². The number of esters is 1. The Bertz CT molecular complexity index is 424. The largest absolute Gasteiger partial charge is 0.466 e. The number of hydrogen-bond acceptors (Lipinski definition) is 3. The molecule has 1 aromatic rings. The van der Waals surface area contributed by atoms with Gasteiger partial charge in [0.2, 0.25) is 0 Å². The van der Waals surface area contributed by atoms with Crippen LogP contribution in [0, 0.1) is 6.92 Å². The summed E-state index contributed by atoms with van der Waals surface area (Å²) in [7, 11) is 0. The van der Waals surface area contributed by atoms with E-state index in [0.29, 0.717) is 19.4 Å². The first-order valence-electron chi connectivity index (χ1n) is 6.89. The molecule has 104 valence electrons. The molecule has 0 fully saturated rings. The van der Waals surface area contributed by atoms with Crippen LogP contribution in [0.3, 0.4) is 0 Å². The number of ketones is 1. The van der Waals surface area contributed by atoms with Gasteiger partial charge in [-0.05, 0) is 32.8 Å².